The molecule has 0 heterocycles. The van der Waals surface area contributed by atoms with Crippen LogP contribution in [0.15, 0.2) is 24.3 Å². The molecule has 4 nitrogen and oxygen atoms in total. The predicted octanol–water partition coefficient (Wildman–Crippen LogP) is 4.02. The van der Waals surface area contributed by atoms with Crippen LogP contribution in [0.2, 0.25) is 0 Å². The Bertz CT molecular complexity index is 609. The molecule has 0 saturated carbocycles. The van der Waals surface area contributed by atoms with E-state index in [0.29, 0.717) is 5.56 Å². The van der Waals surface area contributed by atoms with Crippen molar-refractivity contribution in [3.63, 3.8) is 0 Å². The van der Waals surface area contributed by atoms with Gasteiger partial charge in [0.05, 0.1) is 17.0 Å². The van der Waals surface area contributed by atoms with E-state index in [2.05, 4.69) is 5.32 Å². The molecule has 0 saturated heterocycles. The molecular weight excluding hydrogens is 323 g/mol. The van der Waals surface area contributed by atoms with Gasteiger partial charge in [-0.2, -0.15) is 13.2 Å². The Morgan fingerprint density at radius 1 is 1.21 bits per heavy atom. The maximum absolute atomic E-state index is 12.9. The number of hydrogen-bond acceptors (Lipinski definition) is 2. The number of hydrogen-bond donors (Lipinski definition) is 2. The maximum atomic E-state index is 12.9. The molecular formula is C17H22F3NO3. The van der Waals surface area contributed by atoms with Crippen molar-refractivity contribution in [3.8, 4) is 0 Å². The van der Waals surface area contributed by atoms with Crippen LogP contribution in [-0.4, -0.2) is 17.0 Å². The highest BCUT2D eigenvalue weighted by Crippen LogP contribution is 2.32. The second-order valence-corrected chi connectivity index (χ2v) is 6.78. The molecule has 0 aromatic heterocycles. The standard InChI is InChI=1S/C17H22F3NO3/c1-10(2)14(21-13(22)9-16(3,4)15(23)24)11-6-5-7-12(8-11)17(18,19)20/h5-8,10,14H,9H2,1-4H3,(H,21,22)(H,23,24). The zero-order valence-corrected chi connectivity index (χ0v) is 14.1. The Hall–Kier alpha value is -2.05. The summed E-state index contributed by atoms with van der Waals surface area (Å²) in [5, 5.41) is 11.7. The van der Waals surface area contributed by atoms with Crippen molar-refractivity contribution in [3.05, 3.63) is 35.4 Å². The topological polar surface area (TPSA) is 66.4 Å². The molecule has 0 bridgehead atoms. The molecule has 0 aliphatic rings. The number of benzene rings is 1. The number of carbonyl (C=O) groups is 2. The predicted molar refractivity (Wildman–Crippen MR) is 83.2 cm³/mol. The lowest BCUT2D eigenvalue weighted by Crippen LogP contribution is -2.37. The molecule has 24 heavy (non-hydrogen) atoms. The van der Waals surface area contributed by atoms with Crippen LogP contribution in [0, 0.1) is 11.3 Å². The van der Waals surface area contributed by atoms with Crippen LogP contribution in [0.5, 0.6) is 0 Å². The van der Waals surface area contributed by atoms with Gasteiger partial charge in [-0.25, -0.2) is 0 Å². The van der Waals surface area contributed by atoms with Crippen molar-refractivity contribution in [2.24, 2.45) is 11.3 Å². The summed E-state index contributed by atoms with van der Waals surface area (Å²) in [6, 6.07) is 4.15. The fourth-order valence-electron chi connectivity index (χ4n) is 2.24. The largest absolute Gasteiger partial charge is 0.481 e. The summed E-state index contributed by atoms with van der Waals surface area (Å²) in [5.74, 6) is -1.79. The number of carboxylic acid groups (broad SMARTS) is 1. The van der Waals surface area contributed by atoms with Gasteiger partial charge in [0.15, 0.2) is 0 Å². The average Bonchev–Trinajstić information content (AvgIpc) is 2.43. The van der Waals surface area contributed by atoms with E-state index in [1.807, 2.05) is 0 Å². The summed E-state index contributed by atoms with van der Waals surface area (Å²) >= 11 is 0. The van der Waals surface area contributed by atoms with Crippen molar-refractivity contribution < 1.29 is 27.9 Å². The lowest BCUT2D eigenvalue weighted by molar-refractivity contribution is -0.149. The third-order valence-corrected chi connectivity index (χ3v) is 3.74. The minimum absolute atomic E-state index is 0.162. The number of nitrogens with one attached hydrogen (secondary N) is 1. The normalized spacial score (nSPS) is 13.7. The highest BCUT2D eigenvalue weighted by molar-refractivity contribution is 5.84. The summed E-state index contributed by atoms with van der Waals surface area (Å²) in [6.07, 6.45) is -4.72. The van der Waals surface area contributed by atoms with E-state index in [1.165, 1.54) is 26.0 Å². The van der Waals surface area contributed by atoms with Gasteiger partial charge in [0.2, 0.25) is 5.91 Å². The molecule has 1 aromatic carbocycles. The van der Waals surface area contributed by atoms with E-state index in [4.69, 9.17) is 5.11 Å². The summed E-state index contributed by atoms with van der Waals surface area (Å²) in [7, 11) is 0. The van der Waals surface area contributed by atoms with Gasteiger partial charge in [0.25, 0.3) is 0 Å². The van der Waals surface area contributed by atoms with Gasteiger partial charge in [0.1, 0.15) is 0 Å². The zero-order valence-electron chi connectivity index (χ0n) is 14.1. The number of carboxylic acids is 1. The molecule has 1 unspecified atom stereocenters. The van der Waals surface area contributed by atoms with Gasteiger partial charge in [-0.3, -0.25) is 9.59 Å². The Labute approximate surface area is 139 Å². The Morgan fingerprint density at radius 3 is 2.25 bits per heavy atom. The fraction of sp³-hybridized carbons (Fsp3) is 0.529. The second-order valence-electron chi connectivity index (χ2n) is 6.78. The number of halogens is 3. The van der Waals surface area contributed by atoms with Gasteiger partial charge >= 0.3 is 12.1 Å². The van der Waals surface area contributed by atoms with Crippen molar-refractivity contribution in [2.75, 3.05) is 0 Å². The third kappa shape index (κ3) is 5.25. The van der Waals surface area contributed by atoms with Gasteiger partial charge in [-0.1, -0.05) is 26.0 Å². The van der Waals surface area contributed by atoms with Gasteiger partial charge in [-0.05, 0) is 37.5 Å². The van der Waals surface area contributed by atoms with Crippen molar-refractivity contribution in [2.45, 2.75) is 46.3 Å². The molecule has 0 spiro atoms. The first-order valence-electron chi connectivity index (χ1n) is 7.54. The summed E-state index contributed by atoms with van der Waals surface area (Å²) < 4.78 is 38.6. The summed E-state index contributed by atoms with van der Waals surface area (Å²) in [5.41, 5.74) is -1.70. The summed E-state index contributed by atoms with van der Waals surface area (Å²) in [6.45, 7) is 6.38. The van der Waals surface area contributed by atoms with Crippen LogP contribution < -0.4 is 5.32 Å². The third-order valence-electron chi connectivity index (χ3n) is 3.74. The minimum atomic E-state index is -4.47. The van der Waals surface area contributed by atoms with E-state index in [1.54, 1.807) is 13.8 Å². The van der Waals surface area contributed by atoms with Crippen LogP contribution in [0.3, 0.4) is 0 Å². The molecule has 0 radical (unpaired) electrons. The monoisotopic (exact) mass is 345 g/mol. The van der Waals surface area contributed by atoms with Gasteiger partial charge < -0.3 is 10.4 Å². The Kier molecular flexibility index (Phi) is 6.03. The molecule has 0 fully saturated rings. The second kappa shape index (κ2) is 7.23. The van der Waals surface area contributed by atoms with Crippen molar-refractivity contribution in [1.29, 1.82) is 0 Å². The number of amides is 1. The quantitative estimate of drug-likeness (QED) is 0.818. The smallest absolute Gasteiger partial charge is 0.416 e. The van der Waals surface area contributed by atoms with Crippen LogP contribution >= 0.6 is 0 Å². The Balaban J connectivity index is 3.01. The molecule has 0 aliphatic carbocycles. The number of alkyl halides is 3. The highest BCUT2D eigenvalue weighted by atomic mass is 19.4. The van der Waals surface area contributed by atoms with Crippen molar-refractivity contribution >= 4 is 11.9 Å². The molecule has 1 amide bonds. The molecule has 1 atom stereocenters. The fourth-order valence-corrected chi connectivity index (χ4v) is 2.24. The first kappa shape index (κ1) is 20.0. The van der Waals surface area contributed by atoms with Crippen LogP contribution in [0.4, 0.5) is 13.2 Å². The SMILES string of the molecule is CC(C)C(NC(=O)CC(C)(C)C(=O)O)c1cccc(C(F)(F)F)c1. The molecule has 0 aliphatic heterocycles. The molecule has 2 N–H and O–H groups in total. The first-order chi connectivity index (χ1) is 10.8. The van der Waals surface area contributed by atoms with E-state index in [-0.39, 0.29) is 12.3 Å². The average molecular weight is 345 g/mol. The van der Waals surface area contributed by atoms with Gasteiger partial charge in [0, 0.05) is 6.42 Å². The highest BCUT2D eigenvalue weighted by Gasteiger charge is 2.33. The number of aliphatic carboxylic acids is 1. The van der Waals surface area contributed by atoms with E-state index in [0.717, 1.165) is 12.1 Å². The van der Waals surface area contributed by atoms with Gasteiger partial charge in [-0.15, -0.1) is 0 Å². The molecule has 134 valence electrons. The number of carbonyl (C=O) groups excluding carboxylic acids is 1. The first-order valence-corrected chi connectivity index (χ1v) is 7.54. The van der Waals surface area contributed by atoms with Crippen LogP contribution in [0.1, 0.15) is 51.3 Å². The Morgan fingerprint density at radius 2 is 1.79 bits per heavy atom. The van der Waals surface area contributed by atoms with Crippen molar-refractivity contribution in [1.82, 2.24) is 5.32 Å². The number of rotatable bonds is 6. The lowest BCUT2D eigenvalue weighted by atomic mass is 9.88. The lowest BCUT2D eigenvalue weighted by Gasteiger charge is -2.26. The van der Waals surface area contributed by atoms with Crippen LogP contribution in [-0.2, 0) is 15.8 Å². The zero-order chi connectivity index (χ0) is 18.7. The van der Waals surface area contributed by atoms with E-state index >= 15 is 0 Å². The molecule has 7 heteroatoms. The van der Waals surface area contributed by atoms with Crippen LogP contribution in [0.25, 0.3) is 0 Å². The maximum Gasteiger partial charge on any atom is 0.416 e. The summed E-state index contributed by atoms with van der Waals surface area (Å²) in [4.78, 5) is 23.2. The molecule has 1 rings (SSSR count). The van der Waals surface area contributed by atoms with E-state index < -0.39 is 35.1 Å². The molecule has 1 aromatic rings. The minimum Gasteiger partial charge on any atom is -0.481 e. The van der Waals surface area contributed by atoms with E-state index in [9.17, 15) is 22.8 Å².